The topological polar surface area (TPSA) is 64.9 Å². The monoisotopic (exact) mass is 271 g/mol. The Morgan fingerprint density at radius 2 is 1.94 bits per heavy atom. The summed E-state index contributed by atoms with van der Waals surface area (Å²) in [6.07, 6.45) is 3.21. The summed E-state index contributed by atoms with van der Waals surface area (Å²) in [5.41, 5.74) is 5.74. The van der Waals surface area contributed by atoms with Gasteiger partial charge in [0, 0.05) is 12.0 Å². The van der Waals surface area contributed by atoms with E-state index in [0.29, 0.717) is 11.2 Å². The summed E-state index contributed by atoms with van der Waals surface area (Å²) >= 11 is 1.83. The van der Waals surface area contributed by atoms with Crippen LogP contribution in [0.15, 0.2) is 4.52 Å². The van der Waals surface area contributed by atoms with Gasteiger partial charge in [0.2, 0.25) is 5.89 Å². The molecule has 0 aromatic carbocycles. The summed E-state index contributed by atoms with van der Waals surface area (Å²) in [5, 5.41) is 4.61. The molecule has 0 amide bonds. The minimum absolute atomic E-state index is 0.276. The van der Waals surface area contributed by atoms with Crippen molar-refractivity contribution >= 4 is 11.8 Å². The van der Waals surface area contributed by atoms with Gasteiger partial charge >= 0.3 is 0 Å². The number of hydrogen-bond donors (Lipinski definition) is 1. The molecule has 0 saturated carbocycles. The van der Waals surface area contributed by atoms with Crippen LogP contribution in [0.25, 0.3) is 0 Å². The lowest BCUT2D eigenvalue weighted by atomic mass is 10.0. The van der Waals surface area contributed by atoms with Gasteiger partial charge in [-0.1, -0.05) is 32.3 Å². The fourth-order valence-corrected chi connectivity index (χ4v) is 2.24. The predicted molar refractivity (Wildman–Crippen MR) is 76.6 cm³/mol. The van der Waals surface area contributed by atoms with Crippen LogP contribution in [0.4, 0.5) is 0 Å². The van der Waals surface area contributed by atoms with Crippen molar-refractivity contribution in [1.29, 1.82) is 0 Å². The standard InChI is InChI=1S/C13H25N3OS/c1-9(2)18-8-12-15-13(17-16-12)10(3)6-5-7-11(4)14/h9-11H,5-8,14H2,1-4H3. The number of nitrogens with zero attached hydrogens (tertiary/aromatic N) is 2. The van der Waals surface area contributed by atoms with Crippen LogP contribution in [0.5, 0.6) is 0 Å². The minimum atomic E-state index is 0.276. The van der Waals surface area contributed by atoms with E-state index in [1.807, 2.05) is 18.7 Å². The Morgan fingerprint density at radius 1 is 1.22 bits per heavy atom. The molecule has 0 aliphatic carbocycles. The maximum Gasteiger partial charge on any atom is 0.229 e. The van der Waals surface area contributed by atoms with Crippen molar-refractivity contribution in [2.24, 2.45) is 5.73 Å². The first-order valence-corrected chi connectivity index (χ1v) is 7.73. The maximum absolute atomic E-state index is 5.74. The van der Waals surface area contributed by atoms with E-state index in [1.54, 1.807) is 0 Å². The molecular weight excluding hydrogens is 246 g/mol. The first-order chi connectivity index (χ1) is 8.49. The van der Waals surface area contributed by atoms with Crippen LogP contribution in [-0.4, -0.2) is 21.4 Å². The lowest BCUT2D eigenvalue weighted by Gasteiger charge is -2.07. The Kier molecular flexibility index (Phi) is 6.71. The zero-order chi connectivity index (χ0) is 13.5. The van der Waals surface area contributed by atoms with Crippen LogP contribution >= 0.6 is 11.8 Å². The van der Waals surface area contributed by atoms with Crippen LogP contribution < -0.4 is 5.73 Å². The molecule has 2 atom stereocenters. The van der Waals surface area contributed by atoms with Crippen molar-refractivity contribution < 1.29 is 4.52 Å². The van der Waals surface area contributed by atoms with Crippen molar-refractivity contribution in [2.75, 3.05) is 0 Å². The molecule has 1 aromatic heterocycles. The van der Waals surface area contributed by atoms with Gasteiger partial charge in [0.25, 0.3) is 0 Å². The van der Waals surface area contributed by atoms with Gasteiger partial charge in [-0.25, -0.2) is 0 Å². The maximum atomic E-state index is 5.74. The second kappa shape index (κ2) is 7.79. The van der Waals surface area contributed by atoms with Crippen molar-refractivity contribution in [3.8, 4) is 0 Å². The van der Waals surface area contributed by atoms with Crippen LogP contribution in [0.2, 0.25) is 0 Å². The molecule has 0 aliphatic rings. The van der Waals surface area contributed by atoms with E-state index >= 15 is 0 Å². The lowest BCUT2D eigenvalue weighted by Crippen LogP contribution is -2.14. The highest BCUT2D eigenvalue weighted by atomic mass is 32.2. The summed E-state index contributed by atoms with van der Waals surface area (Å²) in [4.78, 5) is 4.45. The van der Waals surface area contributed by atoms with Crippen LogP contribution in [0.3, 0.4) is 0 Å². The Balaban J connectivity index is 2.36. The van der Waals surface area contributed by atoms with Gasteiger partial charge in [0.05, 0.1) is 5.75 Å². The van der Waals surface area contributed by atoms with Gasteiger partial charge in [-0.2, -0.15) is 16.7 Å². The normalized spacial score (nSPS) is 15.0. The highest BCUT2D eigenvalue weighted by molar-refractivity contribution is 7.99. The first-order valence-electron chi connectivity index (χ1n) is 6.68. The van der Waals surface area contributed by atoms with Crippen LogP contribution in [-0.2, 0) is 5.75 Å². The molecule has 18 heavy (non-hydrogen) atoms. The molecule has 0 radical (unpaired) electrons. The molecule has 0 fully saturated rings. The van der Waals surface area contributed by atoms with Crippen molar-refractivity contribution in [1.82, 2.24) is 10.1 Å². The molecule has 2 unspecified atom stereocenters. The highest BCUT2D eigenvalue weighted by Gasteiger charge is 2.14. The SMILES string of the molecule is CC(N)CCCC(C)c1nc(CSC(C)C)no1. The first kappa shape index (κ1) is 15.5. The summed E-state index contributed by atoms with van der Waals surface area (Å²) in [6, 6.07) is 0.276. The second-order valence-corrected chi connectivity index (χ2v) is 6.78. The van der Waals surface area contributed by atoms with E-state index < -0.39 is 0 Å². The van der Waals surface area contributed by atoms with Gasteiger partial charge in [0.1, 0.15) is 0 Å². The molecule has 2 N–H and O–H groups in total. The van der Waals surface area contributed by atoms with Gasteiger partial charge in [-0.05, 0) is 25.0 Å². The van der Waals surface area contributed by atoms with E-state index in [4.69, 9.17) is 10.3 Å². The Bertz CT molecular complexity index is 339. The van der Waals surface area contributed by atoms with Gasteiger partial charge in [-0.3, -0.25) is 0 Å². The van der Waals surface area contributed by atoms with Gasteiger partial charge in [0.15, 0.2) is 5.82 Å². The lowest BCUT2D eigenvalue weighted by molar-refractivity contribution is 0.347. The van der Waals surface area contributed by atoms with Crippen LogP contribution in [0, 0.1) is 0 Å². The van der Waals surface area contributed by atoms with Crippen molar-refractivity contribution in [3.63, 3.8) is 0 Å². The predicted octanol–water partition coefficient (Wildman–Crippen LogP) is 3.33. The number of aromatic nitrogens is 2. The molecule has 1 rings (SSSR count). The largest absolute Gasteiger partial charge is 0.339 e. The summed E-state index contributed by atoms with van der Waals surface area (Å²) in [5.74, 6) is 2.73. The van der Waals surface area contributed by atoms with Crippen LogP contribution in [0.1, 0.15) is 64.6 Å². The molecule has 0 saturated heterocycles. The molecule has 5 heteroatoms. The Hall–Kier alpha value is -0.550. The molecule has 1 aromatic rings. The smallest absolute Gasteiger partial charge is 0.229 e. The molecule has 104 valence electrons. The van der Waals surface area contributed by atoms with E-state index in [9.17, 15) is 0 Å². The molecule has 4 nitrogen and oxygen atoms in total. The summed E-state index contributed by atoms with van der Waals surface area (Å²) < 4.78 is 5.31. The zero-order valence-electron chi connectivity index (χ0n) is 11.8. The second-order valence-electron chi connectivity index (χ2n) is 5.22. The number of hydrogen-bond acceptors (Lipinski definition) is 5. The third-order valence-electron chi connectivity index (χ3n) is 2.75. The van der Waals surface area contributed by atoms with E-state index in [2.05, 4.69) is 30.9 Å². The third kappa shape index (κ3) is 5.87. The number of rotatable bonds is 8. The van der Waals surface area contributed by atoms with Crippen molar-refractivity contribution in [2.45, 2.75) is 69.9 Å². The summed E-state index contributed by atoms with van der Waals surface area (Å²) in [7, 11) is 0. The number of nitrogens with two attached hydrogens (primary N) is 1. The molecule has 0 aliphatic heterocycles. The molecular formula is C13H25N3OS. The zero-order valence-corrected chi connectivity index (χ0v) is 12.7. The van der Waals surface area contributed by atoms with Gasteiger partial charge in [-0.15, -0.1) is 0 Å². The third-order valence-corrected chi connectivity index (χ3v) is 3.84. The molecule has 0 spiro atoms. The Morgan fingerprint density at radius 3 is 2.56 bits per heavy atom. The fraction of sp³-hybridized carbons (Fsp3) is 0.846. The van der Waals surface area contributed by atoms with Crippen molar-refractivity contribution in [3.05, 3.63) is 11.7 Å². The van der Waals surface area contributed by atoms with E-state index in [1.165, 1.54) is 0 Å². The fourth-order valence-electron chi connectivity index (χ4n) is 1.64. The van der Waals surface area contributed by atoms with Gasteiger partial charge < -0.3 is 10.3 Å². The highest BCUT2D eigenvalue weighted by Crippen LogP contribution is 2.22. The quantitative estimate of drug-likeness (QED) is 0.785. The number of thioether (sulfide) groups is 1. The average Bonchev–Trinajstić information content (AvgIpc) is 2.74. The van der Waals surface area contributed by atoms with E-state index in [0.717, 1.165) is 36.7 Å². The van der Waals surface area contributed by atoms with E-state index in [-0.39, 0.29) is 6.04 Å². The average molecular weight is 271 g/mol. The Labute approximate surface area is 114 Å². The molecule has 1 heterocycles. The minimum Gasteiger partial charge on any atom is -0.339 e. The molecule has 0 bridgehead atoms. The summed E-state index contributed by atoms with van der Waals surface area (Å²) in [6.45, 7) is 8.51.